The monoisotopic (exact) mass is 344 g/mol. The maximum atomic E-state index is 10.5. The minimum Gasteiger partial charge on any atom is -0.370 e. The van der Waals surface area contributed by atoms with Crippen LogP contribution < -0.4 is 5.73 Å². The number of hydrogen-bond acceptors (Lipinski definition) is 3. The van der Waals surface area contributed by atoms with Gasteiger partial charge in [-0.25, -0.2) is 0 Å². The molecule has 0 atom stereocenters. The van der Waals surface area contributed by atoms with Crippen LogP contribution in [0.15, 0.2) is 12.2 Å². The Morgan fingerprint density at radius 1 is 0.917 bits per heavy atom. The molecule has 0 aromatic rings. The van der Waals surface area contributed by atoms with Crippen LogP contribution in [0.3, 0.4) is 0 Å². The van der Waals surface area contributed by atoms with Gasteiger partial charge in [-0.1, -0.05) is 70.4 Å². The van der Waals surface area contributed by atoms with Crippen molar-refractivity contribution >= 4 is 5.91 Å². The van der Waals surface area contributed by atoms with Crippen LogP contribution in [0.5, 0.6) is 0 Å². The molecule has 3 N–H and O–H groups in total. The number of amides is 1. The molecule has 0 saturated carbocycles. The zero-order valence-corrected chi connectivity index (χ0v) is 15.3. The predicted octanol–water partition coefficient (Wildman–Crippen LogP) is 5.16. The Bertz CT molecular complexity index is 316. The van der Waals surface area contributed by atoms with Crippen molar-refractivity contribution in [2.45, 2.75) is 96.8 Å². The van der Waals surface area contributed by atoms with Gasteiger partial charge in [-0.2, -0.15) is 0 Å². The number of rotatable bonds is 15. The minimum absolute atomic E-state index is 0.164. The Morgan fingerprint density at radius 2 is 1.29 bits per heavy atom. The third-order valence-electron chi connectivity index (χ3n) is 3.68. The number of allylic oxidation sites excluding steroid dienone is 2. The molecule has 6 nitrogen and oxygen atoms in total. The molecule has 0 bridgehead atoms. The summed E-state index contributed by atoms with van der Waals surface area (Å²) in [5, 5.41) is 13.6. The standard InChI is InChI=1S/C18H35NO.HNO3/c1-2-3-4-5-6-7-8-9-10-11-12-13-14-15-16-17-18(19)20;2-1(3)4/h9-10H,2-8,11-17H2,1H3,(H2,19,20);(H,2,3,4). The maximum Gasteiger partial charge on any atom is 0.291 e. The number of carbonyl (C=O) groups excluding carboxylic acids is 1. The van der Waals surface area contributed by atoms with Gasteiger partial charge >= 0.3 is 0 Å². The van der Waals surface area contributed by atoms with Crippen molar-refractivity contribution in [3.63, 3.8) is 0 Å². The number of primary amides is 1. The van der Waals surface area contributed by atoms with Crippen molar-refractivity contribution in [3.05, 3.63) is 22.3 Å². The summed E-state index contributed by atoms with van der Waals surface area (Å²) in [6.07, 6.45) is 21.9. The molecule has 0 aromatic carbocycles. The Kier molecular flexibility index (Phi) is 22.0. The van der Waals surface area contributed by atoms with E-state index in [2.05, 4.69) is 19.1 Å². The topological polar surface area (TPSA) is 106 Å². The molecule has 24 heavy (non-hydrogen) atoms. The average molecular weight is 344 g/mol. The van der Waals surface area contributed by atoms with Gasteiger partial charge in [0, 0.05) is 6.42 Å². The van der Waals surface area contributed by atoms with Crippen LogP contribution in [0.25, 0.3) is 0 Å². The van der Waals surface area contributed by atoms with Gasteiger partial charge in [0.2, 0.25) is 5.91 Å². The van der Waals surface area contributed by atoms with Crippen LogP contribution in [-0.2, 0) is 4.79 Å². The van der Waals surface area contributed by atoms with E-state index >= 15 is 0 Å². The summed E-state index contributed by atoms with van der Waals surface area (Å²) in [5.41, 5.74) is 5.10. The van der Waals surface area contributed by atoms with E-state index in [0.717, 1.165) is 12.8 Å². The van der Waals surface area contributed by atoms with Crippen molar-refractivity contribution in [1.29, 1.82) is 0 Å². The molecular formula is C18H36N2O4. The third kappa shape index (κ3) is 32.4. The lowest BCUT2D eigenvalue weighted by Gasteiger charge is -1.99. The van der Waals surface area contributed by atoms with E-state index in [1.165, 1.54) is 70.6 Å². The van der Waals surface area contributed by atoms with Crippen LogP contribution in [0, 0.1) is 10.1 Å². The second kappa shape index (κ2) is 21.4. The van der Waals surface area contributed by atoms with E-state index in [4.69, 9.17) is 21.1 Å². The van der Waals surface area contributed by atoms with Crippen LogP contribution in [0.4, 0.5) is 0 Å². The van der Waals surface area contributed by atoms with Crippen LogP contribution in [0.1, 0.15) is 96.8 Å². The van der Waals surface area contributed by atoms with Gasteiger partial charge < -0.3 is 10.9 Å². The molecule has 0 rings (SSSR count). The maximum absolute atomic E-state index is 10.5. The average Bonchev–Trinajstić information content (AvgIpc) is 2.50. The Labute approximate surface area is 146 Å². The quantitative estimate of drug-likeness (QED) is 0.185. The van der Waals surface area contributed by atoms with Gasteiger partial charge in [0.1, 0.15) is 0 Å². The first kappa shape index (κ1) is 24.7. The van der Waals surface area contributed by atoms with Gasteiger partial charge in [0.15, 0.2) is 0 Å². The Balaban J connectivity index is 0. The largest absolute Gasteiger partial charge is 0.370 e. The van der Waals surface area contributed by atoms with Gasteiger partial charge in [0.05, 0.1) is 0 Å². The second-order valence-corrected chi connectivity index (χ2v) is 6.04. The van der Waals surface area contributed by atoms with Gasteiger partial charge in [0.25, 0.3) is 5.09 Å². The fourth-order valence-electron chi connectivity index (χ4n) is 2.37. The molecule has 0 aliphatic heterocycles. The van der Waals surface area contributed by atoms with Crippen LogP contribution in [0.2, 0.25) is 0 Å². The summed E-state index contributed by atoms with van der Waals surface area (Å²) < 4.78 is 0. The molecule has 1 amide bonds. The second-order valence-electron chi connectivity index (χ2n) is 6.04. The number of nitrogens with two attached hydrogens (primary N) is 1. The summed E-state index contributed by atoms with van der Waals surface area (Å²) in [4.78, 5) is 18.9. The molecule has 0 radical (unpaired) electrons. The summed E-state index contributed by atoms with van der Waals surface area (Å²) in [6, 6.07) is 0. The highest BCUT2D eigenvalue weighted by Crippen LogP contribution is 2.09. The first-order valence-corrected chi connectivity index (χ1v) is 9.27. The highest BCUT2D eigenvalue weighted by atomic mass is 16.9. The minimum atomic E-state index is -1.50. The lowest BCUT2D eigenvalue weighted by Crippen LogP contribution is -2.09. The van der Waals surface area contributed by atoms with Crippen LogP contribution >= 0.6 is 0 Å². The van der Waals surface area contributed by atoms with Crippen molar-refractivity contribution in [2.24, 2.45) is 5.73 Å². The van der Waals surface area contributed by atoms with Crippen molar-refractivity contribution in [2.75, 3.05) is 0 Å². The summed E-state index contributed by atoms with van der Waals surface area (Å²) in [7, 11) is 0. The number of hydrogen-bond donors (Lipinski definition) is 2. The molecule has 0 unspecified atom stereocenters. The summed E-state index contributed by atoms with van der Waals surface area (Å²) in [5.74, 6) is -0.164. The molecule has 0 aromatic heterocycles. The van der Waals surface area contributed by atoms with E-state index in [1.54, 1.807) is 0 Å². The van der Waals surface area contributed by atoms with Crippen LogP contribution in [-0.4, -0.2) is 16.2 Å². The van der Waals surface area contributed by atoms with Gasteiger partial charge in [-0.3, -0.25) is 4.79 Å². The fraction of sp³-hybridized carbons (Fsp3) is 0.833. The molecule has 0 saturated heterocycles. The molecule has 0 spiro atoms. The molecule has 0 aliphatic rings. The van der Waals surface area contributed by atoms with Crippen molar-refractivity contribution in [3.8, 4) is 0 Å². The van der Waals surface area contributed by atoms with E-state index in [1.807, 2.05) is 0 Å². The smallest absolute Gasteiger partial charge is 0.291 e. The first-order chi connectivity index (χ1) is 11.5. The Morgan fingerprint density at radius 3 is 1.71 bits per heavy atom. The number of nitrogens with zero attached hydrogens (tertiary/aromatic N) is 1. The molecular weight excluding hydrogens is 308 g/mol. The lowest BCUT2D eigenvalue weighted by molar-refractivity contribution is -0.742. The molecule has 0 heterocycles. The number of carbonyl (C=O) groups is 1. The fourth-order valence-corrected chi connectivity index (χ4v) is 2.37. The SMILES string of the molecule is CCCCCCCCC=CCCCCCCCC(N)=O.O=[N+]([O-])O. The van der Waals surface area contributed by atoms with E-state index < -0.39 is 5.09 Å². The summed E-state index contributed by atoms with van der Waals surface area (Å²) >= 11 is 0. The lowest BCUT2D eigenvalue weighted by atomic mass is 10.1. The van der Waals surface area contributed by atoms with Gasteiger partial charge in [-0.15, -0.1) is 10.1 Å². The normalized spacial score (nSPS) is 10.4. The zero-order chi connectivity index (χ0) is 18.5. The van der Waals surface area contributed by atoms with E-state index in [-0.39, 0.29) is 5.91 Å². The molecule has 142 valence electrons. The number of unbranched alkanes of at least 4 members (excludes halogenated alkanes) is 11. The predicted molar refractivity (Wildman–Crippen MR) is 97.4 cm³/mol. The highest BCUT2D eigenvalue weighted by Gasteiger charge is 1.94. The van der Waals surface area contributed by atoms with Crippen molar-refractivity contribution < 1.29 is 15.1 Å². The molecule has 0 fully saturated rings. The third-order valence-corrected chi connectivity index (χ3v) is 3.68. The molecule has 0 aliphatic carbocycles. The Hall–Kier alpha value is -1.59. The first-order valence-electron chi connectivity index (χ1n) is 9.27. The van der Waals surface area contributed by atoms with Crippen molar-refractivity contribution in [1.82, 2.24) is 0 Å². The summed E-state index contributed by atoms with van der Waals surface area (Å²) in [6.45, 7) is 2.26. The zero-order valence-electron chi connectivity index (χ0n) is 15.3. The van der Waals surface area contributed by atoms with E-state index in [9.17, 15) is 4.79 Å². The highest BCUT2D eigenvalue weighted by molar-refractivity contribution is 5.73. The van der Waals surface area contributed by atoms with Gasteiger partial charge in [-0.05, 0) is 32.1 Å². The molecule has 6 heteroatoms. The van der Waals surface area contributed by atoms with E-state index in [0.29, 0.717) is 6.42 Å².